The first kappa shape index (κ1) is 15.8. The van der Waals surface area contributed by atoms with Gasteiger partial charge < -0.3 is 15.2 Å². The van der Waals surface area contributed by atoms with Gasteiger partial charge in [-0.3, -0.25) is 4.79 Å². The zero-order valence-electron chi connectivity index (χ0n) is 14.2. The van der Waals surface area contributed by atoms with Crippen molar-refractivity contribution in [1.29, 1.82) is 0 Å². The van der Waals surface area contributed by atoms with Crippen molar-refractivity contribution >= 4 is 5.91 Å². The Kier molecular flexibility index (Phi) is 3.57. The average Bonchev–Trinajstić information content (AvgIpc) is 3.43. The van der Waals surface area contributed by atoms with Crippen LogP contribution >= 0.6 is 0 Å². The Morgan fingerprint density at radius 3 is 2.84 bits per heavy atom. The minimum Gasteiger partial charge on any atom is -0.496 e. The summed E-state index contributed by atoms with van der Waals surface area (Å²) in [5, 5.41) is 0. The number of carbonyl (C=O) groups excluding carboxylic acids is 1. The first-order valence-corrected chi connectivity index (χ1v) is 8.50. The van der Waals surface area contributed by atoms with E-state index in [1.165, 1.54) is 0 Å². The molecule has 4 rings (SSSR count). The van der Waals surface area contributed by atoms with Crippen LogP contribution in [0.25, 0.3) is 11.1 Å². The summed E-state index contributed by atoms with van der Waals surface area (Å²) in [5.74, 6) is 1.34. The summed E-state index contributed by atoms with van der Waals surface area (Å²) >= 11 is 0. The lowest BCUT2D eigenvalue weighted by Gasteiger charge is -2.30. The first-order chi connectivity index (χ1) is 12.1. The zero-order chi connectivity index (χ0) is 17.6. The number of fused-ring (bicyclic) bond motifs is 3. The fraction of sp³-hybridized carbons (Fsp3) is 0.286. The Morgan fingerprint density at radius 1 is 1.40 bits per heavy atom. The molecule has 25 heavy (non-hydrogen) atoms. The normalized spacial score (nSPS) is 19.2. The van der Waals surface area contributed by atoms with Crippen LogP contribution in [0.3, 0.4) is 0 Å². The predicted octanol–water partition coefficient (Wildman–Crippen LogP) is 3.89. The topological polar surface area (TPSA) is 61.6 Å². The molecule has 2 aromatic carbocycles. The summed E-state index contributed by atoms with van der Waals surface area (Å²) in [6, 6.07) is 12.0. The minimum absolute atomic E-state index is 0.129. The highest BCUT2D eigenvalue weighted by molar-refractivity contribution is 5.90. The highest BCUT2D eigenvalue weighted by Crippen LogP contribution is 2.52. The standard InChI is InChI=1S/C21H21NO3/c1-3-5-16-15-12-13(21(10-11-21)20(22)23)8-9-14(15)19-17(24-2)6-4-7-18(19)25-16/h3-4,6-9,12,16H,1,5,10-11H2,2H3,(H2,22,23). The SMILES string of the molecule is C=CCC1Oc2cccc(OC)c2-c2ccc(C3(C(N)=O)CC3)cc21. The van der Waals surface area contributed by atoms with E-state index in [-0.39, 0.29) is 12.0 Å². The first-order valence-electron chi connectivity index (χ1n) is 8.50. The third-order valence-electron chi connectivity index (χ3n) is 5.30. The van der Waals surface area contributed by atoms with Crippen LogP contribution in [0.4, 0.5) is 0 Å². The summed E-state index contributed by atoms with van der Waals surface area (Å²) in [7, 11) is 1.66. The highest BCUT2D eigenvalue weighted by atomic mass is 16.5. The fourth-order valence-corrected chi connectivity index (χ4v) is 3.74. The zero-order valence-corrected chi connectivity index (χ0v) is 14.2. The molecule has 2 N–H and O–H groups in total. The molecule has 128 valence electrons. The van der Waals surface area contributed by atoms with E-state index in [0.717, 1.165) is 46.6 Å². The molecule has 0 saturated heterocycles. The van der Waals surface area contributed by atoms with E-state index in [1.807, 2.05) is 30.3 Å². The van der Waals surface area contributed by atoms with Crippen LogP contribution < -0.4 is 15.2 Å². The maximum Gasteiger partial charge on any atom is 0.228 e. The van der Waals surface area contributed by atoms with Crippen molar-refractivity contribution in [3.8, 4) is 22.6 Å². The number of benzene rings is 2. The lowest BCUT2D eigenvalue weighted by molar-refractivity contribution is -0.120. The second-order valence-corrected chi connectivity index (χ2v) is 6.71. The van der Waals surface area contributed by atoms with Gasteiger partial charge in [-0.2, -0.15) is 0 Å². The number of ether oxygens (including phenoxy) is 2. The molecular formula is C21H21NO3. The summed E-state index contributed by atoms with van der Waals surface area (Å²) in [4.78, 5) is 11.9. The van der Waals surface area contributed by atoms with Crippen LogP contribution in [0.2, 0.25) is 0 Å². The summed E-state index contributed by atoms with van der Waals surface area (Å²) in [6.45, 7) is 3.85. The molecule has 1 amide bonds. The second-order valence-electron chi connectivity index (χ2n) is 6.71. The lowest BCUT2D eigenvalue weighted by Crippen LogP contribution is -2.28. The summed E-state index contributed by atoms with van der Waals surface area (Å²) in [6.07, 6.45) is 4.04. The fourth-order valence-electron chi connectivity index (χ4n) is 3.74. The number of nitrogens with two attached hydrogens (primary N) is 1. The molecule has 4 nitrogen and oxygen atoms in total. The van der Waals surface area contributed by atoms with E-state index in [4.69, 9.17) is 15.2 Å². The maximum atomic E-state index is 11.9. The van der Waals surface area contributed by atoms with E-state index in [0.29, 0.717) is 6.42 Å². The van der Waals surface area contributed by atoms with Gasteiger partial charge in [0.05, 0.1) is 18.1 Å². The molecule has 0 bridgehead atoms. The summed E-state index contributed by atoms with van der Waals surface area (Å²) < 4.78 is 11.8. The van der Waals surface area contributed by atoms with E-state index in [9.17, 15) is 4.79 Å². The van der Waals surface area contributed by atoms with E-state index < -0.39 is 5.41 Å². The molecule has 0 radical (unpaired) electrons. The number of rotatable bonds is 5. The van der Waals surface area contributed by atoms with Gasteiger partial charge in [0, 0.05) is 12.0 Å². The van der Waals surface area contributed by atoms with Gasteiger partial charge in [-0.05, 0) is 36.1 Å². The van der Waals surface area contributed by atoms with Crippen LogP contribution in [-0.2, 0) is 10.2 Å². The molecule has 0 aromatic heterocycles. The molecule has 1 aliphatic heterocycles. The number of amides is 1. The van der Waals surface area contributed by atoms with Crippen molar-refractivity contribution in [2.45, 2.75) is 30.8 Å². The summed E-state index contributed by atoms with van der Waals surface area (Å²) in [5.41, 5.74) is 9.22. The third kappa shape index (κ3) is 2.32. The van der Waals surface area contributed by atoms with Crippen LogP contribution in [0, 0.1) is 0 Å². The molecule has 2 aliphatic rings. The van der Waals surface area contributed by atoms with Gasteiger partial charge in [-0.25, -0.2) is 0 Å². The van der Waals surface area contributed by atoms with Crippen molar-refractivity contribution in [2.24, 2.45) is 5.73 Å². The van der Waals surface area contributed by atoms with Crippen molar-refractivity contribution < 1.29 is 14.3 Å². The number of hydrogen-bond acceptors (Lipinski definition) is 3. The quantitative estimate of drug-likeness (QED) is 0.843. The monoisotopic (exact) mass is 335 g/mol. The van der Waals surface area contributed by atoms with E-state index >= 15 is 0 Å². The molecule has 1 fully saturated rings. The minimum atomic E-state index is -0.505. The van der Waals surface area contributed by atoms with Crippen LogP contribution in [0.1, 0.15) is 36.5 Å². The number of hydrogen-bond donors (Lipinski definition) is 1. The molecule has 1 aliphatic carbocycles. The molecule has 4 heteroatoms. The van der Waals surface area contributed by atoms with Gasteiger partial charge in [0.2, 0.25) is 5.91 Å². The number of methoxy groups -OCH3 is 1. The Morgan fingerprint density at radius 2 is 2.20 bits per heavy atom. The second kappa shape index (κ2) is 5.66. The maximum absolute atomic E-state index is 11.9. The third-order valence-corrected chi connectivity index (χ3v) is 5.30. The molecule has 2 aromatic rings. The molecule has 0 spiro atoms. The van der Waals surface area contributed by atoms with Crippen LogP contribution in [0.5, 0.6) is 11.5 Å². The Bertz CT molecular complexity index is 867. The van der Waals surface area contributed by atoms with Crippen LogP contribution in [0.15, 0.2) is 49.1 Å². The van der Waals surface area contributed by atoms with Crippen molar-refractivity contribution in [1.82, 2.24) is 0 Å². The van der Waals surface area contributed by atoms with Gasteiger partial charge in [-0.15, -0.1) is 6.58 Å². The predicted molar refractivity (Wildman–Crippen MR) is 96.7 cm³/mol. The lowest BCUT2D eigenvalue weighted by atomic mass is 9.85. The van der Waals surface area contributed by atoms with Gasteiger partial charge >= 0.3 is 0 Å². The number of primary amides is 1. The van der Waals surface area contributed by atoms with Crippen molar-refractivity contribution in [3.05, 3.63) is 60.2 Å². The van der Waals surface area contributed by atoms with Gasteiger partial charge in [-0.1, -0.05) is 30.3 Å². The van der Waals surface area contributed by atoms with E-state index in [2.05, 4.69) is 18.7 Å². The molecule has 1 unspecified atom stereocenters. The van der Waals surface area contributed by atoms with Crippen molar-refractivity contribution in [3.63, 3.8) is 0 Å². The molecule has 1 heterocycles. The molecular weight excluding hydrogens is 314 g/mol. The molecule has 1 atom stereocenters. The molecule has 1 saturated carbocycles. The van der Waals surface area contributed by atoms with Crippen molar-refractivity contribution in [2.75, 3.05) is 7.11 Å². The van der Waals surface area contributed by atoms with Crippen LogP contribution in [-0.4, -0.2) is 13.0 Å². The smallest absolute Gasteiger partial charge is 0.228 e. The highest BCUT2D eigenvalue weighted by Gasteiger charge is 2.50. The Labute approximate surface area is 147 Å². The Balaban J connectivity index is 1.90. The van der Waals surface area contributed by atoms with Gasteiger partial charge in [0.25, 0.3) is 0 Å². The van der Waals surface area contributed by atoms with E-state index in [1.54, 1.807) is 7.11 Å². The van der Waals surface area contributed by atoms with Gasteiger partial charge in [0.1, 0.15) is 17.6 Å². The van der Waals surface area contributed by atoms with Gasteiger partial charge in [0.15, 0.2) is 0 Å². The largest absolute Gasteiger partial charge is 0.496 e. The Hall–Kier alpha value is -2.75. The average molecular weight is 335 g/mol. The number of carbonyl (C=O) groups is 1.